The Labute approximate surface area is 227 Å². The summed E-state index contributed by atoms with van der Waals surface area (Å²) in [7, 11) is -0.448. The van der Waals surface area contributed by atoms with E-state index in [-0.39, 0.29) is 5.04 Å². The molecule has 0 aromatic heterocycles. The number of hydrogen-bond acceptors (Lipinski definition) is 5. The fourth-order valence-electron chi connectivity index (χ4n) is 3.55. The smallest absolute Gasteiger partial charge is 0.333 e. The molecular formula is C31H40O6Si. The first-order chi connectivity index (χ1) is 18.0. The number of carbonyl (C=O) groups is 1. The maximum absolute atomic E-state index is 11.1. The van der Waals surface area contributed by atoms with Crippen molar-refractivity contribution in [2.45, 2.75) is 57.8 Å². The minimum Gasteiger partial charge on any atom is -0.544 e. The first-order valence-corrected chi connectivity index (χ1v) is 15.9. The maximum atomic E-state index is 11.1. The summed E-state index contributed by atoms with van der Waals surface area (Å²) in [6, 6.07) is 23.8. The summed E-state index contributed by atoms with van der Waals surface area (Å²) >= 11 is 0. The molecule has 38 heavy (non-hydrogen) atoms. The highest BCUT2D eigenvalue weighted by molar-refractivity contribution is 6.74. The molecule has 7 heteroatoms. The molecule has 6 nitrogen and oxygen atoms in total. The van der Waals surface area contributed by atoms with Crippen molar-refractivity contribution in [3.05, 3.63) is 78.4 Å². The zero-order chi connectivity index (χ0) is 27.8. The second-order valence-electron chi connectivity index (χ2n) is 10.9. The first-order valence-electron chi connectivity index (χ1n) is 13.0. The van der Waals surface area contributed by atoms with E-state index >= 15 is 0 Å². The van der Waals surface area contributed by atoms with Gasteiger partial charge in [-0.2, -0.15) is 0 Å². The zero-order valence-electron chi connectivity index (χ0n) is 23.3. The summed E-state index contributed by atoms with van der Waals surface area (Å²) in [4.78, 5) is 11.1. The molecule has 0 amide bonds. The van der Waals surface area contributed by atoms with Gasteiger partial charge < -0.3 is 23.7 Å². The van der Waals surface area contributed by atoms with Gasteiger partial charge in [0, 0.05) is 20.0 Å². The van der Waals surface area contributed by atoms with Crippen molar-refractivity contribution in [3.63, 3.8) is 0 Å². The van der Waals surface area contributed by atoms with Gasteiger partial charge in [0.1, 0.15) is 17.2 Å². The Morgan fingerprint density at radius 1 is 0.789 bits per heavy atom. The maximum Gasteiger partial charge on any atom is 0.333 e. The Bertz CT molecular complexity index is 1150. The highest BCUT2D eigenvalue weighted by Crippen LogP contribution is 2.37. The van der Waals surface area contributed by atoms with Crippen molar-refractivity contribution >= 4 is 14.3 Å². The molecule has 204 valence electrons. The van der Waals surface area contributed by atoms with Crippen molar-refractivity contribution in [2.75, 3.05) is 20.3 Å². The van der Waals surface area contributed by atoms with E-state index in [1.165, 1.54) is 7.11 Å². The third kappa shape index (κ3) is 8.36. The molecule has 3 aromatic carbocycles. The third-order valence-corrected chi connectivity index (χ3v) is 11.3. The standard InChI is InChI=1S/C31H40O6Si/c1-31(2,3)38(5,6)37-28-18-12-25(13-19-28)24-10-16-27(17-11-24)36-21-7-20-35-26-14-8-23(9-15-26)22-29(34-4)30(32)33/h8-19,29H,7,20-22H2,1-6H3,(H,32,33). The topological polar surface area (TPSA) is 74.2 Å². The number of rotatable bonds is 13. The number of carboxylic acid groups (broad SMARTS) is 1. The predicted molar refractivity (Wildman–Crippen MR) is 154 cm³/mol. The Morgan fingerprint density at radius 2 is 1.24 bits per heavy atom. The summed E-state index contributed by atoms with van der Waals surface area (Å²) in [5, 5.41) is 9.26. The number of hydrogen-bond donors (Lipinski definition) is 1. The van der Waals surface area contributed by atoms with Crippen molar-refractivity contribution in [2.24, 2.45) is 0 Å². The van der Waals surface area contributed by atoms with Crippen LogP contribution in [0.1, 0.15) is 32.8 Å². The van der Waals surface area contributed by atoms with Crippen molar-refractivity contribution in [1.29, 1.82) is 0 Å². The van der Waals surface area contributed by atoms with Crippen LogP contribution >= 0.6 is 0 Å². The summed E-state index contributed by atoms with van der Waals surface area (Å²) in [5.41, 5.74) is 3.15. The van der Waals surface area contributed by atoms with Gasteiger partial charge in [0.05, 0.1) is 13.2 Å². The lowest BCUT2D eigenvalue weighted by atomic mass is 10.1. The molecular weight excluding hydrogens is 496 g/mol. The van der Waals surface area contributed by atoms with Gasteiger partial charge in [0.25, 0.3) is 0 Å². The van der Waals surface area contributed by atoms with Crippen LogP contribution in [0, 0.1) is 0 Å². The molecule has 0 aliphatic heterocycles. The average molecular weight is 537 g/mol. The quantitative estimate of drug-likeness (QED) is 0.184. The van der Waals surface area contributed by atoms with E-state index in [1.54, 1.807) is 0 Å². The van der Waals surface area contributed by atoms with Crippen LogP contribution in [0.15, 0.2) is 72.8 Å². The van der Waals surface area contributed by atoms with E-state index in [0.29, 0.717) is 19.6 Å². The van der Waals surface area contributed by atoms with Gasteiger partial charge in [-0.25, -0.2) is 4.79 Å². The van der Waals surface area contributed by atoms with Crippen molar-refractivity contribution < 1.29 is 28.5 Å². The van der Waals surface area contributed by atoms with Crippen LogP contribution in [0.25, 0.3) is 11.1 Å². The lowest BCUT2D eigenvalue weighted by molar-refractivity contribution is -0.148. The van der Waals surface area contributed by atoms with Crippen molar-refractivity contribution in [1.82, 2.24) is 0 Å². The molecule has 1 N–H and O–H groups in total. The van der Waals surface area contributed by atoms with Gasteiger partial charge in [-0.05, 0) is 71.2 Å². The van der Waals surface area contributed by atoms with Crippen LogP contribution in [-0.4, -0.2) is 45.8 Å². The van der Waals surface area contributed by atoms with E-state index in [1.807, 2.05) is 36.4 Å². The van der Waals surface area contributed by atoms with Gasteiger partial charge in [0.15, 0.2) is 6.10 Å². The molecule has 0 aliphatic carbocycles. The highest BCUT2D eigenvalue weighted by Gasteiger charge is 2.38. The molecule has 0 aliphatic rings. The Kier molecular flexibility index (Phi) is 10.00. The van der Waals surface area contributed by atoms with Crippen LogP contribution in [0.3, 0.4) is 0 Å². The van der Waals surface area contributed by atoms with E-state index in [0.717, 1.165) is 40.4 Å². The third-order valence-electron chi connectivity index (χ3n) is 6.95. The van der Waals surface area contributed by atoms with Crippen LogP contribution in [0.4, 0.5) is 0 Å². The average Bonchev–Trinajstić information content (AvgIpc) is 2.87. The SMILES string of the molecule is COC(Cc1ccc(OCCCOc2ccc(-c3ccc(O[Si](C)(C)C(C)(C)C)cc3)cc2)cc1)C(=O)O. The van der Waals surface area contributed by atoms with Gasteiger partial charge in [-0.3, -0.25) is 0 Å². The summed E-state index contributed by atoms with van der Waals surface area (Å²) in [6.07, 6.45) is 0.208. The summed E-state index contributed by atoms with van der Waals surface area (Å²) < 4.78 is 23.0. The van der Waals surface area contributed by atoms with Crippen LogP contribution in [0.2, 0.25) is 18.1 Å². The highest BCUT2D eigenvalue weighted by atomic mass is 28.4. The zero-order valence-corrected chi connectivity index (χ0v) is 24.3. The summed E-state index contributed by atoms with van der Waals surface area (Å²) in [6.45, 7) is 12.3. The van der Waals surface area contributed by atoms with Crippen LogP contribution in [0.5, 0.6) is 17.2 Å². The van der Waals surface area contributed by atoms with Gasteiger partial charge in [-0.1, -0.05) is 57.2 Å². The molecule has 1 unspecified atom stereocenters. The van der Waals surface area contributed by atoms with E-state index in [9.17, 15) is 4.79 Å². The molecule has 3 rings (SSSR count). The number of benzene rings is 3. The molecule has 1 atom stereocenters. The summed E-state index contributed by atoms with van der Waals surface area (Å²) in [5.74, 6) is 1.52. The lowest BCUT2D eigenvalue weighted by Crippen LogP contribution is -2.43. The molecule has 0 saturated carbocycles. The second kappa shape index (κ2) is 13.0. The van der Waals surface area contributed by atoms with Gasteiger partial charge >= 0.3 is 5.97 Å². The molecule has 0 saturated heterocycles. The normalized spacial score (nSPS) is 12.6. The minimum absolute atomic E-state index is 0.165. The molecule has 0 spiro atoms. The number of methoxy groups -OCH3 is 1. The fraction of sp³-hybridized carbons (Fsp3) is 0.387. The van der Waals surface area contributed by atoms with Gasteiger partial charge in [0.2, 0.25) is 8.32 Å². The Morgan fingerprint density at radius 3 is 1.66 bits per heavy atom. The minimum atomic E-state index is -1.85. The monoisotopic (exact) mass is 536 g/mol. The fourth-order valence-corrected chi connectivity index (χ4v) is 4.58. The predicted octanol–water partition coefficient (Wildman–Crippen LogP) is 7.23. The molecule has 0 bridgehead atoms. The molecule has 0 heterocycles. The number of ether oxygens (including phenoxy) is 3. The largest absolute Gasteiger partial charge is 0.544 e. The first kappa shape index (κ1) is 29.3. The number of aliphatic carboxylic acids is 1. The Balaban J connectivity index is 1.41. The molecule has 0 radical (unpaired) electrons. The number of carboxylic acids is 1. The lowest BCUT2D eigenvalue weighted by Gasteiger charge is -2.36. The van der Waals surface area contributed by atoms with E-state index in [2.05, 4.69) is 70.3 Å². The van der Waals surface area contributed by atoms with E-state index < -0.39 is 20.4 Å². The van der Waals surface area contributed by atoms with Gasteiger partial charge in [-0.15, -0.1) is 0 Å². The second-order valence-corrected chi connectivity index (χ2v) is 15.6. The van der Waals surface area contributed by atoms with E-state index in [4.69, 9.17) is 23.7 Å². The van der Waals surface area contributed by atoms with Crippen LogP contribution in [-0.2, 0) is 16.0 Å². The Hall–Kier alpha value is -3.29. The van der Waals surface area contributed by atoms with Crippen molar-refractivity contribution in [3.8, 4) is 28.4 Å². The molecule has 3 aromatic rings. The van der Waals surface area contributed by atoms with Crippen LogP contribution < -0.4 is 13.9 Å². The molecule has 0 fully saturated rings.